The van der Waals surface area contributed by atoms with E-state index in [2.05, 4.69) is 59.1 Å². The fourth-order valence-corrected chi connectivity index (χ4v) is 8.96. The van der Waals surface area contributed by atoms with Crippen molar-refractivity contribution in [2.45, 2.75) is 81.3 Å². The number of anilines is 5. The molecule has 0 bridgehead atoms. The average Bonchev–Trinajstić information content (AvgIpc) is 3.93. The van der Waals surface area contributed by atoms with E-state index in [0.29, 0.717) is 107 Å². The lowest BCUT2D eigenvalue weighted by atomic mass is 10.0. The van der Waals surface area contributed by atoms with Gasteiger partial charge in [0.05, 0.1) is 57.9 Å². The normalized spacial score (nSPS) is 16.1. The molecular formula is C49H68FN11O10S. The van der Waals surface area contributed by atoms with Gasteiger partial charge in [0.15, 0.2) is 17.4 Å². The van der Waals surface area contributed by atoms with Gasteiger partial charge in [-0.3, -0.25) is 19.7 Å². The monoisotopic (exact) mass is 1020 g/mol. The van der Waals surface area contributed by atoms with Gasteiger partial charge in [-0.1, -0.05) is 19.1 Å². The van der Waals surface area contributed by atoms with Crippen molar-refractivity contribution in [2.75, 3.05) is 101 Å². The number of fused-ring (bicyclic) bond motifs is 1. The summed E-state index contributed by atoms with van der Waals surface area (Å²) in [7, 11) is 0. The van der Waals surface area contributed by atoms with Crippen LogP contribution in [0.3, 0.4) is 0 Å². The van der Waals surface area contributed by atoms with Crippen LogP contribution in [0.2, 0.25) is 0 Å². The van der Waals surface area contributed by atoms with Crippen LogP contribution in [0.1, 0.15) is 63.4 Å². The van der Waals surface area contributed by atoms with Gasteiger partial charge >= 0.3 is 6.03 Å². The lowest BCUT2D eigenvalue weighted by Gasteiger charge is -2.16. The number of halogens is 1. The van der Waals surface area contributed by atoms with Crippen LogP contribution in [0, 0.1) is 17.1 Å². The first-order valence-electron chi connectivity index (χ1n) is 24.3. The number of urea groups is 1. The number of carbonyl (C=O) groups is 4. The number of nitriles is 1. The molecule has 0 saturated carbocycles. The number of hydrogen-bond donors (Lipinski definition) is 9. The average molecular weight is 1020 g/mol. The molecule has 2 aromatic carbocycles. The minimum atomic E-state index is -0.799. The molecule has 23 heteroatoms. The smallest absolute Gasteiger partial charge is 0.315 e. The summed E-state index contributed by atoms with van der Waals surface area (Å²) in [6.45, 7) is 8.22. The molecule has 392 valence electrons. The van der Waals surface area contributed by atoms with Crippen molar-refractivity contribution in [3.63, 3.8) is 0 Å². The quantitative estimate of drug-likeness (QED) is 0.0168. The molecule has 0 radical (unpaired) electrons. The zero-order chi connectivity index (χ0) is 51.2. The molecule has 2 aliphatic heterocycles. The predicted molar refractivity (Wildman–Crippen MR) is 271 cm³/mol. The molecule has 3 heterocycles. The van der Waals surface area contributed by atoms with Crippen LogP contribution in [0.25, 0.3) is 0 Å². The van der Waals surface area contributed by atoms with Gasteiger partial charge < -0.3 is 66.0 Å². The number of ether oxygens (including phenoxy) is 5. The number of nitrogens with one attached hydrogen (secondary N) is 8. The molecule has 2 saturated heterocycles. The third-order valence-electron chi connectivity index (χ3n) is 11.1. The molecule has 0 aliphatic carbocycles. The number of hydrogen-bond acceptors (Lipinski definition) is 17. The highest BCUT2D eigenvalue weighted by Crippen LogP contribution is 2.33. The summed E-state index contributed by atoms with van der Waals surface area (Å²) in [6, 6.07) is 13.5. The summed E-state index contributed by atoms with van der Waals surface area (Å²) in [6.07, 6.45) is 7.55. The molecule has 3 aromatic rings. The van der Waals surface area contributed by atoms with Crippen LogP contribution in [-0.4, -0.2) is 147 Å². The molecule has 4 unspecified atom stereocenters. The number of carbonyl (C=O) groups excluding carboxylic acids is 4. The Hall–Kier alpha value is -6.13. The lowest BCUT2D eigenvalue weighted by Crippen LogP contribution is -2.36. The second-order valence-electron chi connectivity index (χ2n) is 16.7. The molecule has 1 aromatic heterocycles. The van der Waals surface area contributed by atoms with E-state index in [4.69, 9.17) is 23.7 Å². The van der Waals surface area contributed by atoms with E-state index in [9.17, 15) is 33.9 Å². The number of aliphatic hydroxyl groups excluding tert-OH is 1. The minimum Gasteiger partial charge on any atom is -0.488 e. The summed E-state index contributed by atoms with van der Waals surface area (Å²) in [5.41, 5.74) is 1.58. The van der Waals surface area contributed by atoms with Crippen LogP contribution in [0.5, 0.6) is 5.75 Å². The molecule has 5 rings (SSSR count). The van der Waals surface area contributed by atoms with Gasteiger partial charge in [0, 0.05) is 79.8 Å². The Kier molecular flexibility index (Phi) is 25.8. The fraction of sp³-hybridized carbons (Fsp3) is 0.531. The van der Waals surface area contributed by atoms with Gasteiger partial charge in [-0.05, 0) is 74.9 Å². The second kappa shape index (κ2) is 32.8. The number of aliphatic hydroxyl groups is 1. The standard InChI is InChI=1S/C49H68FN11O10S/c1-2-42(62)56-35-9-5-10-36(29-35)57-47-34(31-51)32-55-48(61-47)58-37-15-16-40(38(50)30-37)71-28-27-69-22-19-54-45(65)14-6-13-44(64)53-18-8-21-68-24-26-70-25-23-67-20-7-17-52-43(63)12-4-3-11-41-46-39(33-72-41)59-49(66)60-46/h2,5,9-10,15-16,29-30,32,39,41,45-46,54,65H,1,3-4,6-8,11-14,17-28,33H2,(H,52,63)(H,53,64)(H,56,62)(H2,59,60,66)(H2,55,57,58,61). The van der Waals surface area contributed by atoms with Gasteiger partial charge in [0.2, 0.25) is 23.7 Å². The third kappa shape index (κ3) is 21.7. The molecule has 4 atom stereocenters. The van der Waals surface area contributed by atoms with Crippen LogP contribution in [-0.2, 0) is 33.3 Å². The summed E-state index contributed by atoms with van der Waals surface area (Å²) >= 11 is 1.89. The zero-order valence-corrected chi connectivity index (χ0v) is 41.3. The fourth-order valence-electron chi connectivity index (χ4n) is 7.41. The van der Waals surface area contributed by atoms with Crippen molar-refractivity contribution >= 4 is 64.3 Å². The van der Waals surface area contributed by atoms with Crippen LogP contribution in [0.15, 0.2) is 61.3 Å². The highest BCUT2D eigenvalue weighted by molar-refractivity contribution is 8.00. The van der Waals surface area contributed by atoms with E-state index in [-0.39, 0.29) is 85.2 Å². The lowest BCUT2D eigenvalue weighted by molar-refractivity contribution is -0.122. The summed E-state index contributed by atoms with van der Waals surface area (Å²) in [5.74, 6) is 0.235. The first-order valence-corrected chi connectivity index (χ1v) is 25.4. The van der Waals surface area contributed by atoms with Crippen LogP contribution >= 0.6 is 11.8 Å². The third-order valence-corrected chi connectivity index (χ3v) is 12.6. The minimum absolute atomic E-state index is 0.0196. The Labute approximate surface area is 423 Å². The first-order chi connectivity index (χ1) is 35.1. The maximum Gasteiger partial charge on any atom is 0.315 e. The summed E-state index contributed by atoms with van der Waals surface area (Å²) in [4.78, 5) is 56.0. The van der Waals surface area contributed by atoms with Crippen molar-refractivity contribution in [2.24, 2.45) is 0 Å². The number of benzene rings is 2. The van der Waals surface area contributed by atoms with E-state index in [1.807, 2.05) is 17.8 Å². The van der Waals surface area contributed by atoms with E-state index >= 15 is 0 Å². The van der Waals surface area contributed by atoms with Crippen molar-refractivity contribution in [1.29, 1.82) is 5.26 Å². The SMILES string of the molecule is C=CC(=O)Nc1cccc(Nc2nc(Nc3ccc(OCCOCCNC(O)CCCC(=O)NCCCOCCOCCOCCCNC(=O)CCCCC4SCC5NC(=O)NC54)c(F)c3)ncc2C#N)c1. The number of nitrogens with zero attached hydrogens (tertiary/aromatic N) is 3. The largest absolute Gasteiger partial charge is 0.488 e. The zero-order valence-electron chi connectivity index (χ0n) is 40.5. The van der Waals surface area contributed by atoms with Crippen molar-refractivity contribution in [3.05, 3.63) is 72.7 Å². The van der Waals surface area contributed by atoms with E-state index in [0.717, 1.165) is 37.5 Å². The Morgan fingerprint density at radius 1 is 0.847 bits per heavy atom. The molecule has 21 nitrogen and oxygen atoms in total. The van der Waals surface area contributed by atoms with Gasteiger partial charge in [-0.15, -0.1) is 0 Å². The highest BCUT2D eigenvalue weighted by Gasteiger charge is 2.42. The number of amides is 5. The molecular weight excluding hydrogens is 954 g/mol. The summed E-state index contributed by atoms with van der Waals surface area (Å²) in [5, 5.41) is 43.6. The van der Waals surface area contributed by atoms with Crippen molar-refractivity contribution < 1.29 is 52.4 Å². The number of aromatic nitrogens is 2. The molecule has 72 heavy (non-hydrogen) atoms. The maximum absolute atomic E-state index is 14.9. The Balaban J connectivity index is 0.772. The Morgan fingerprint density at radius 2 is 1.53 bits per heavy atom. The predicted octanol–water partition coefficient (Wildman–Crippen LogP) is 4.36. The van der Waals surface area contributed by atoms with E-state index in [1.54, 1.807) is 30.3 Å². The Morgan fingerprint density at radius 3 is 2.25 bits per heavy atom. The molecule has 0 spiro atoms. The highest BCUT2D eigenvalue weighted by atomic mass is 32.2. The van der Waals surface area contributed by atoms with E-state index in [1.165, 1.54) is 18.3 Å². The molecule has 5 amide bonds. The van der Waals surface area contributed by atoms with Crippen LogP contribution < -0.4 is 47.3 Å². The van der Waals surface area contributed by atoms with E-state index < -0.39 is 12.0 Å². The maximum atomic E-state index is 14.9. The number of thioether (sulfide) groups is 1. The molecule has 2 aliphatic rings. The molecule has 9 N–H and O–H groups in total. The summed E-state index contributed by atoms with van der Waals surface area (Å²) < 4.78 is 42.6. The van der Waals surface area contributed by atoms with Crippen LogP contribution in [0.4, 0.5) is 38.0 Å². The number of unbranched alkanes of at least 4 members (excludes halogenated alkanes) is 1. The molecule has 2 fully saturated rings. The Bertz CT molecular complexity index is 2230. The number of rotatable bonds is 37. The topological polar surface area (TPSA) is 280 Å². The second-order valence-corrected chi connectivity index (χ2v) is 17.9. The van der Waals surface area contributed by atoms with Gasteiger partial charge in [0.1, 0.15) is 24.5 Å². The van der Waals surface area contributed by atoms with Gasteiger partial charge in [0.25, 0.3) is 0 Å². The van der Waals surface area contributed by atoms with Crippen molar-refractivity contribution in [3.8, 4) is 11.8 Å². The first kappa shape index (κ1) is 56.8. The van der Waals surface area contributed by atoms with Crippen molar-refractivity contribution in [1.82, 2.24) is 36.6 Å². The van der Waals surface area contributed by atoms with Gasteiger partial charge in [-0.25, -0.2) is 14.2 Å². The van der Waals surface area contributed by atoms with Gasteiger partial charge in [-0.2, -0.15) is 22.0 Å².